The molecule has 0 spiro atoms. The van der Waals surface area contributed by atoms with Gasteiger partial charge in [-0.3, -0.25) is 0 Å². The minimum absolute atomic E-state index is 0.522. The Morgan fingerprint density at radius 2 is 1.93 bits per heavy atom. The van der Waals surface area contributed by atoms with Crippen molar-refractivity contribution >= 4 is 10.0 Å². The van der Waals surface area contributed by atoms with Gasteiger partial charge in [-0.1, -0.05) is 26.8 Å². The van der Waals surface area contributed by atoms with E-state index in [1.54, 1.807) is 25.3 Å². The molecule has 5 heteroatoms. The van der Waals surface area contributed by atoms with Gasteiger partial charge >= 0.3 is 0 Å². The molecule has 0 aromatic carbocycles. The van der Waals surface area contributed by atoms with Crippen molar-refractivity contribution in [1.82, 2.24) is 5.32 Å². The van der Waals surface area contributed by atoms with Gasteiger partial charge in [-0.15, -0.1) is 0 Å². The van der Waals surface area contributed by atoms with Crippen LogP contribution in [0.5, 0.6) is 0 Å². The van der Waals surface area contributed by atoms with Crippen molar-refractivity contribution in [2.75, 3.05) is 0 Å². The summed E-state index contributed by atoms with van der Waals surface area (Å²) in [5, 5.41) is 8.26. The number of nitrogens with one attached hydrogen (secondary N) is 1. The number of sulfonamides is 1. The van der Waals surface area contributed by atoms with Gasteiger partial charge in [-0.25, -0.2) is 13.6 Å². The minimum atomic E-state index is -3.73. The molecule has 0 bridgehead atoms. The zero-order valence-corrected chi connectivity index (χ0v) is 10.4. The summed E-state index contributed by atoms with van der Waals surface area (Å²) in [4.78, 5) is -1.21. The highest BCUT2D eigenvalue weighted by molar-refractivity contribution is 7.90. The Bertz CT molecular complexity index is 415. The average Bonchev–Trinajstić information content (AvgIpc) is 2.00. The van der Waals surface area contributed by atoms with Gasteiger partial charge in [0.05, 0.1) is 0 Å². The third-order valence-corrected chi connectivity index (χ3v) is 4.67. The molecule has 0 aliphatic carbocycles. The lowest BCUT2D eigenvalue weighted by Gasteiger charge is -2.44. The highest BCUT2D eigenvalue weighted by Gasteiger charge is 2.52. The minimum Gasteiger partial charge on any atom is -0.368 e. The van der Waals surface area contributed by atoms with E-state index < -0.39 is 20.3 Å². The van der Waals surface area contributed by atoms with Crippen LogP contribution in [0.15, 0.2) is 23.9 Å². The molecule has 0 radical (unpaired) electrons. The van der Waals surface area contributed by atoms with Crippen molar-refractivity contribution in [1.29, 1.82) is 0 Å². The Morgan fingerprint density at radius 3 is 2.20 bits per heavy atom. The number of hydrogen-bond acceptors (Lipinski definition) is 3. The van der Waals surface area contributed by atoms with Gasteiger partial charge in [-0.2, -0.15) is 0 Å². The number of primary sulfonamides is 1. The third kappa shape index (κ3) is 1.70. The molecule has 1 heterocycles. The van der Waals surface area contributed by atoms with Crippen LogP contribution in [0.2, 0.25) is 0 Å². The van der Waals surface area contributed by atoms with Crippen molar-refractivity contribution in [3.05, 3.63) is 23.9 Å². The fraction of sp³-hybridized carbons (Fsp3) is 0.600. The number of dihydropyridines is 1. The van der Waals surface area contributed by atoms with Crippen molar-refractivity contribution in [3.8, 4) is 0 Å². The fourth-order valence-electron chi connectivity index (χ4n) is 2.13. The predicted molar refractivity (Wildman–Crippen MR) is 61.3 cm³/mol. The number of allylic oxidation sites excluding steroid dienone is 2. The molecule has 1 atom stereocenters. The quantitative estimate of drug-likeness (QED) is 0.708. The zero-order valence-electron chi connectivity index (χ0n) is 9.53. The van der Waals surface area contributed by atoms with E-state index in [4.69, 9.17) is 5.14 Å². The molecule has 1 aliphatic heterocycles. The van der Waals surface area contributed by atoms with Gasteiger partial charge in [0.2, 0.25) is 10.0 Å². The lowest BCUT2D eigenvalue weighted by Crippen LogP contribution is -2.62. The van der Waals surface area contributed by atoms with Crippen LogP contribution in [-0.4, -0.2) is 13.3 Å². The third-order valence-electron chi connectivity index (χ3n) is 2.77. The average molecular weight is 230 g/mol. The van der Waals surface area contributed by atoms with E-state index in [1.165, 1.54) is 0 Å². The van der Waals surface area contributed by atoms with E-state index in [0.717, 1.165) is 0 Å². The summed E-state index contributed by atoms with van der Waals surface area (Å²) in [5.74, 6) is 0. The highest BCUT2D eigenvalue weighted by atomic mass is 32.2. The maximum atomic E-state index is 11.8. The van der Waals surface area contributed by atoms with Gasteiger partial charge in [0.1, 0.15) is 0 Å². The first-order chi connectivity index (χ1) is 6.63. The molecule has 0 saturated heterocycles. The van der Waals surface area contributed by atoms with Gasteiger partial charge < -0.3 is 5.32 Å². The number of rotatable bonds is 1. The molecule has 4 nitrogen and oxygen atoms in total. The van der Waals surface area contributed by atoms with E-state index in [1.807, 2.05) is 20.8 Å². The Kier molecular flexibility index (Phi) is 2.74. The van der Waals surface area contributed by atoms with Gasteiger partial charge in [0, 0.05) is 5.41 Å². The second-order valence-corrected chi connectivity index (χ2v) is 6.53. The van der Waals surface area contributed by atoms with Crippen LogP contribution >= 0.6 is 0 Å². The number of nitrogens with two attached hydrogens (primary N) is 1. The Hall–Kier alpha value is -0.810. The Morgan fingerprint density at radius 1 is 1.40 bits per heavy atom. The van der Waals surface area contributed by atoms with Crippen LogP contribution in [0.4, 0.5) is 0 Å². The van der Waals surface area contributed by atoms with E-state index in [0.29, 0.717) is 5.57 Å². The molecule has 0 saturated carbocycles. The SMILES string of the molecule is CC1=CC=CNC1(C(C)(C)C)S(N)(=O)=O. The molecule has 0 amide bonds. The molecule has 1 aliphatic rings. The van der Waals surface area contributed by atoms with E-state index >= 15 is 0 Å². The van der Waals surface area contributed by atoms with Crippen LogP contribution in [0.3, 0.4) is 0 Å². The van der Waals surface area contributed by atoms with Gasteiger partial charge in [-0.05, 0) is 24.8 Å². The van der Waals surface area contributed by atoms with Gasteiger partial charge in [0.25, 0.3) is 0 Å². The Balaban J connectivity index is 3.48. The lowest BCUT2D eigenvalue weighted by molar-refractivity contribution is 0.272. The monoisotopic (exact) mass is 230 g/mol. The smallest absolute Gasteiger partial charge is 0.237 e. The first-order valence-corrected chi connectivity index (χ1v) is 6.31. The normalized spacial score (nSPS) is 27.1. The van der Waals surface area contributed by atoms with Crippen LogP contribution in [0.1, 0.15) is 27.7 Å². The zero-order chi connectivity index (χ0) is 11.9. The summed E-state index contributed by atoms with van der Waals surface area (Å²) < 4.78 is 23.6. The molecular weight excluding hydrogens is 212 g/mol. The van der Waals surface area contributed by atoms with E-state index in [-0.39, 0.29) is 0 Å². The molecule has 0 aromatic rings. The fourth-order valence-corrected chi connectivity index (χ4v) is 3.73. The summed E-state index contributed by atoms with van der Waals surface area (Å²) in [6.07, 6.45) is 5.15. The van der Waals surface area contributed by atoms with E-state index in [2.05, 4.69) is 5.32 Å². The van der Waals surface area contributed by atoms with Gasteiger partial charge in [0.15, 0.2) is 4.87 Å². The molecule has 86 valence electrons. The maximum Gasteiger partial charge on any atom is 0.237 e. The molecule has 3 N–H and O–H groups in total. The summed E-state index contributed by atoms with van der Waals surface area (Å²) in [6, 6.07) is 0. The largest absolute Gasteiger partial charge is 0.368 e. The summed E-state index contributed by atoms with van der Waals surface area (Å²) in [7, 11) is -3.73. The highest BCUT2D eigenvalue weighted by Crippen LogP contribution is 2.40. The second kappa shape index (κ2) is 3.35. The Labute approximate surface area is 91.3 Å². The first-order valence-electron chi connectivity index (χ1n) is 4.77. The van der Waals surface area contributed by atoms with Crippen LogP contribution in [0.25, 0.3) is 0 Å². The van der Waals surface area contributed by atoms with Crippen LogP contribution < -0.4 is 10.5 Å². The second-order valence-electron chi connectivity index (χ2n) is 4.83. The maximum absolute atomic E-state index is 11.8. The molecule has 1 unspecified atom stereocenters. The van der Waals surface area contributed by atoms with E-state index in [9.17, 15) is 8.42 Å². The first kappa shape index (κ1) is 12.3. The lowest BCUT2D eigenvalue weighted by atomic mass is 9.81. The standard InChI is InChI=1S/C10H18N2O2S/c1-8-6-5-7-12-10(8,9(2,3)4)15(11,13)14/h5-7,12H,1-4H3,(H2,11,13,14). The van der Waals surface area contributed by atoms with Crippen LogP contribution in [0, 0.1) is 5.41 Å². The molecule has 15 heavy (non-hydrogen) atoms. The van der Waals surface area contributed by atoms with Crippen molar-refractivity contribution in [2.24, 2.45) is 10.6 Å². The summed E-state index contributed by atoms with van der Waals surface area (Å²) in [5.41, 5.74) is 0.186. The van der Waals surface area contributed by atoms with Crippen molar-refractivity contribution < 1.29 is 8.42 Å². The van der Waals surface area contributed by atoms with Crippen molar-refractivity contribution in [2.45, 2.75) is 32.6 Å². The molecule has 0 aromatic heterocycles. The molecular formula is C10H18N2O2S. The summed E-state index contributed by atoms with van der Waals surface area (Å²) in [6.45, 7) is 7.31. The van der Waals surface area contributed by atoms with Crippen LogP contribution in [-0.2, 0) is 10.0 Å². The predicted octanol–water partition coefficient (Wildman–Crippen LogP) is 1.08. The summed E-state index contributed by atoms with van der Waals surface area (Å²) >= 11 is 0. The molecule has 0 fully saturated rings. The number of hydrogen-bond donors (Lipinski definition) is 2. The molecule has 1 rings (SSSR count). The van der Waals surface area contributed by atoms with Crippen molar-refractivity contribution in [3.63, 3.8) is 0 Å². The topological polar surface area (TPSA) is 72.2 Å².